The van der Waals surface area contributed by atoms with E-state index in [2.05, 4.69) is 13.2 Å². The van der Waals surface area contributed by atoms with Gasteiger partial charge < -0.3 is 4.74 Å². The molecule has 1 aromatic carbocycles. The molecule has 1 aromatic rings. The molecule has 0 aliphatic heterocycles. The summed E-state index contributed by atoms with van der Waals surface area (Å²) in [5.41, 5.74) is 2.46. The molecule has 0 radical (unpaired) electrons. The van der Waals surface area contributed by atoms with E-state index in [9.17, 15) is 4.79 Å². The van der Waals surface area contributed by atoms with E-state index >= 15 is 0 Å². The van der Waals surface area contributed by atoms with Gasteiger partial charge in [0.25, 0.3) is 0 Å². The average Bonchev–Trinajstić information content (AvgIpc) is 2.35. The maximum absolute atomic E-state index is 10.5. The van der Waals surface area contributed by atoms with Crippen LogP contribution in [-0.4, -0.2) is 13.4 Å². The fraction of sp³-hybridized carbons (Fsp3) is 0.0714. The van der Waals surface area contributed by atoms with E-state index in [0.717, 1.165) is 17.4 Å². The predicted molar refractivity (Wildman–Crippen MR) is 66.2 cm³/mol. The highest BCUT2D eigenvalue weighted by Gasteiger charge is 1.95. The first-order valence-electron chi connectivity index (χ1n) is 4.83. The molecule has 0 amide bonds. The van der Waals surface area contributed by atoms with Crippen molar-refractivity contribution in [3.8, 4) is 0 Å². The van der Waals surface area contributed by atoms with Gasteiger partial charge in [-0.05, 0) is 17.2 Å². The van der Waals surface area contributed by atoms with Gasteiger partial charge in [0.05, 0.1) is 7.11 Å². The van der Waals surface area contributed by atoms with E-state index in [1.165, 1.54) is 0 Å². The van der Waals surface area contributed by atoms with Crippen molar-refractivity contribution in [1.82, 2.24) is 0 Å². The highest BCUT2D eigenvalue weighted by atomic mass is 16.5. The van der Waals surface area contributed by atoms with Crippen LogP contribution in [0.2, 0.25) is 0 Å². The molecule has 16 heavy (non-hydrogen) atoms. The second-order valence-corrected chi connectivity index (χ2v) is 3.27. The van der Waals surface area contributed by atoms with E-state index in [1.807, 2.05) is 18.2 Å². The maximum atomic E-state index is 10.5. The molecule has 1 rings (SSSR count). The Kier molecular flexibility index (Phi) is 4.28. The summed E-state index contributed by atoms with van der Waals surface area (Å²) in [6, 6.07) is 7.22. The average molecular weight is 214 g/mol. The number of aldehydes is 1. The Morgan fingerprint density at radius 1 is 1.19 bits per heavy atom. The molecule has 0 bridgehead atoms. The number of hydrogen-bond acceptors (Lipinski definition) is 2. The molecule has 0 saturated heterocycles. The van der Waals surface area contributed by atoms with Gasteiger partial charge in [-0.1, -0.05) is 43.5 Å². The highest BCUT2D eigenvalue weighted by molar-refractivity contribution is 5.78. The van der Waals surface area contributed by atoms with Gasteiger partial charge in [-0.25, -0.2) is 0 Å². The lowest BCUT2D eigenvalue weighted by molar-refractivity contribution is 0.112. The molecule has 0 aliphatic rings. The Labute approximate surface area is 95.6 Å². The normalized spacial score (nSPS) is 10.1. The second-order valence-electron chi connectivity index (χ2n) is 3.27. The quantitative estimate of drug-likeness (QED) is 0.427. The van der Waals surface area contributed by atoms with Gasteiger partial charge in [-0.3, -0.25) is 4.79 Å². The summed E-state index contributed by atoms with van der Waals surface area (Å²) in [7, 11) is 1.56. The molecule has 0 saturated carbocycles. The minimum atomic E-state index is 0.575. The van der Waals surface area contributed by atoms with Gasteiger partial charge in [0.15, 0.2) is 0 Å². The van der Waals surface area contributed by atoms with Gasteiger partial charge in [-0.15, -0.1) is 0 Å². The third kappa shape index (κ3) is 3.24. The van der Waals surface area contributed by atoms with Crippen molar-refractivity contribution in [3.63, 3.8) is 0 Å². The Morgan fingerprint density at radius 2 is 1.81 bits per heavy atom. The lowest BCUT2D eigenvalue weighted by atomic mass is 10.1. The monoisotopic (exact) mass is 214 g/mol. The number of rotatable bonds is 5. The number of hydrogen-bond donors (Lipinski definition) is 0. The van der Waals surface area contributed by atoms with E-state index in [1.54, 1.807) is 25.3 Å². The lowest BCUT2D eigenvalue weighted by Crippen LogP contribution is -1.83. The summed E-state index contributed by atoms with van der Waals surface area (Å²) in [5.74, 6) is 0.575. The topological polar surface area (TPSA) is 26.3 Å². The van der Waals surface area contributed by atoms with Crippen LogP contribution >= 0.6 is 0 Å². The summed E-state index contributed by atoms with van der Waals surface area (Å²) >= 11 is 0. The van der Waals surface area contributed by atoms with Gasteiger partial charge in [0.1, 0.15) is 12.0 Å². The minimum Gasteiger partial charge on any atom is -0.497 e. The second kappa shape index (κ2) is 5.71. The largest absolute Gasteiger partial charge is 0.497 e. The molecule has 0 aromatic heterocycles. The number of methoxy groups -OCH3 is 1. The van der Waals surface area contributed by atoms with Crippen molar-refractivity contribution < 1.29 is 9.53 Å². The van der Waals surface area contributed by atoms with Crippen LogP contribution in [0.15, 0.2) is 55.3 Å². The third-order valence-electron chi connectivity index (χ3n) is 2.15. The molecule has 0 N–H and O–H groups in total. The molecule has 2 heteroatoms. The van der Waals surface area contributed by atoms with Crippen molar-refractivity contribution in [1.29, 1.82) is 0 Å². The molecule has 0 fully saturated rings. The van der Waals surface area contributed by atoms with E-state index in [0.29, 0.717) is 11.3 Å². The Hall–Kier alpha value is -2.09. The van der Waals surface area contributed by atoms with Gasteiger partial charge in [0.2, 0.25) is 0 Å². The fourth-order valence-electron chi connectivity index (χ4n) is 1.13. The molecular formula is C14H14O2. The fourth-order valence-corrected chi connectivity index (χ4v) is 1.13. The van der Waals surface area contributed by atoms with Crippen LogP contribution in [-0.2, 0) is 4.74 Å². The molecule has 0 heterocycles. The molecule has 82 valence electrons. The SMILES string of the molecule is C=C(C=CC(=C)c1ccc(C=O)cc1)OC. The molecule has 0 aliphatic carbocycles. The summed E-state index contributed by atoms with van der Waals surface area (Å²) in [6.45, 7) is 7.58. The van der Waals surface area contributed by atoms with E-state index in [4.69, 9.17) is 4.74 Å². The Balaban J connectivity index is 2.77. The Morgan fingerprint density at radius 3 is 2.31 bits per heavy atom. The van der Waals surface area contributed by atoms with Crippen LogP contribution in [0.4, 0.5) is 0 Å². The number of ether oxygens (including phenoxy) is 1. The van der Waals surface area contributed by atoms with Crippen LogP contribution in [0.3, 0.4) is 0 Å². The zero-order chi connectivity index (χ0) is 12.0. The van der Waals surface area contributed by atoms with Crippen molar-refractivity contribution in [3.05, 3.63) is 66.5 Å². The van der Waals surface area contributed by atoms with Crippen LogP contribution in [0.1, 0.15) is 15.9 Å². The van der Waals surface area contributed by atoms with Gasteiger partial charge in [0, 0.05) is 5.56 Å². The maximum Gasteiger partial charge on any atom is 0.150 e. The lowest BCUT2D eigenvalue weighted by Gasteiger charge is -2.01. The summed E-state index contributed by atoms with van der Waals surface area (Å²) in [5, 5.41) is 0. The summed E-state index contributed by atoms with van der Waals surface area (Å²) in [4.78, 5) is 10.5. The standard InChI is InChI=1S/C14H14O2/c1-11(4-5-12(2)16-3)14-8-6-13(10-15)7-9-14/h4-10H,1-2H2,3H3. The minimum absolute atomic E-state index is 0.575. The first kappa shape index (κ1) is 12.0. The number of allylic oxidation sites excluding steroid dienone is 3. The number of carbonyl (C=O) groups excluding carboxylic acids is 1. The van der Waals surface area contributed by atoms with Crippen molar-refractivity contribution >= 4 is 11.9 Å². The molecule has 0 spiro atoms. The highest BCUT2D eigenvalue weighted by Crippen LogP contribution is 2.14. The molecule has 0 atom stereocenters. The Bertz CT molecular complexity index is 425. The first-order chi connectivity index (χ1) is 7.67. The summed E-state index contributed by atoms with van der Waals surface area (Å²) in [6.07, 6.45) is 4.38. The molecular weight excluding hydrogens is 200 g/mol. The van der Waals surface area contributed by atoms with Crippen LogP contribution in [0.25, 0.3) is 5.57 Å². The first-order valence-corrected chi connectivity index (χ1v) is 4.83. The molecule has 2 nitrogen and oxygen atoms in total. The van der Waals surface area contributed by atoms with E-state index < -0.39 is 0 Å². The summed E-state index contributed by atoms with van der Waals surface area (Å²) < 4.78 is 4.90. The van der Waals surface area contributed by atoms with Crippen LogP contribution < -0.4 is 0 Å². The van der Waals surface area contributed by atoms with Crippen molar-refractivity contribution in [2.75, 3.05) is 7.11 Å². The van der Waals surface area contributed by atoms with Crippen molar-refractivity contribution in [2.24, 2.45) is 0 Å². The number of carbonyl (C=O) groups is 1. The van der Waals surface area contributed by atoms with Crippen LogP contribution in [0.5, 0.6) is 0 Å². The zero-order valence-electron chi connectivity index (χ0n) is 9.27. The van der Waals surface area contributed by atoms with Gasteiger partial charge >= 0.3 is 0 Å². The number of benzene rings is 1. The van der Waals surface area contributed by atoms with Crippen molar-refractivity contribution in [2.45, 2.75) is 0 Å². The van der Waals surface area contributed by atoms with Crippen LogP contribution in [0, 0.1) is 0 Å². The van der Waals surface area contributed by atoms with E-state index in [-0.39, 0.29) is 0 Å². The molecule has 0 unspecified atom stereocenters. The van der Waals surface area contributed by atoms with Gasteiger partial charge in [-0.2, -0.15) is 0 Å². The third-order valence-corrected chi connectivity index (χ3v) is 2.15. The predicted octanol–water partition coefficient (Wildman–Crippen LogP) is 3.23. The smallest absolute Gasteiger partial charge is 0.150 e. The zero-order valence-corrected chi connectivity index (χ0v) is 9.27.